The van der Waals surface area contributed by atoms with E-state index in [1.165, 1.54) is 13.1 Å². The first-order valence-electron chi connectivity index (χ1n) is 13.1. The molecule has 0 bridgehead atoms. The standard InChI is InChI=1S/C31H35N3O7/c1-21(37)27(19-35)41-29(20-36)34-18-17-28(32-30(34)38)33-31(22-7-5-4-6-8-22,23-9-13-25(39-2)14-10-23)24-11-15-26(40-3)16-12-24/h4-18,21,27,29,35-37H,19-20H2,1-3H3,(H,32,33,38)/t21-,27-,29-/m1/s1. The molecule has 10 heteroatoms. The Hall–Kier alpha value is -4.22. The Labute approximate surface area is 238 Å². The Morgan fingerprint density at radius 1 is 0.829 bits per heavy atom. The molecule has 4 rings (SSSR count). The molecule has 0 fully saturated rings. The summed E-state index contributed by atoms with van der Waals surface area (Å²) in [6.07, 6.45) is -1.71. The van der Waals surface area contributed by atoms with Gasteiger partial charge in [-0.05, 0) is 53.9 Å². The predicted octanol–water partition coefficient (Wildman–Crippen LogP) is 2.91. The second-order valence-electron chi connectivity index (χ2n) is 9.44. The van der Waals surface area contributed by atoms with Gasteiger partial charge >= 0.3 is 5.69 Å². The van der Waals surface area contributed by atoms with Crippen LogP contribution in [0.15, 0.2) is 95.9 Å². The van der Waals surface area contributed by atoms with Crippen molar-refractivity contribution in [2.24, 2.45) is 0 Å². The molecular weight excluding hydrogens is 526 g/mol. The normalized spacial score (nSPS) is 13.7. The molecule has 3 aromatic carbocycles. The molecule has 0 aliphatic heterocycles. The third kappa shape index (κ3) is 6.41. The highest BCUT2D eigenvalue weighted by molar-refractivity contribution is 5.59. The van der Waals surface area contributed by atoms with Gasteiger partial charge in [-0.1, -0.05) is 54.6 Å². The van der Waals surface area contributed by atoms with Crippen LogP contribution in [0.25, 0.3) is 0 Å². The fourth-order valence-electron chi connectivity index (χ4n) is 4.69. The summed E-state index contributed by atoms with van der Waals surface area (Å²) in [7, 11) is 3.21. The van der Waals surface area contributed by atoms with Crippen LogP contribution in [0.1, 0.15) is 29.8 Å². The molecule has 1 heterocycles. The average molecular weight is 562 g/mol. The van der Waals surface area contributed by atoms with Gasteiger partial charge in [0, 0.05) is 6.20 Å². The monoisotopic (exact) mass is 561 g/mol. The Morgan fingerprint density at radius 3 is 1.80 bits per heavy atom. The molecule has 0 saturated carbocycles. The van der Waals surface area contributed by atoms with Gasteiger partial charge in [0.2, 0.25) is 0 Å². The van der Waals surface area contributed by atoms with Crippen LogP contribution in [0.3, 0.4) is 0 Å². The number of hydrogen-bond acceptors (Lipinski definition) is 9. The SMILES string of the molecule is COc1ccc(C(Nc2ccn([C@@H](CO)O[C@H](CO)[C@@H](C)O)c(=O)n2)(c2ccccc2)c2ccc(OC)cc2)cc1. The zero-order valence-electron chi connectivity index (χ0n) is 23.2. The summed E-state index contributed by atoms with van der Waals surface area (Å²) >= 11 is 0. The molecule has 0 spiro atoms. The minimum Gasteiger partial charge on any atom is -0.497 e. The molecule has 0 radical (unpaired) electrons. The van der Waals surface area contributed by atoms with Crippen molar-refractivity contribution in [3.63, 3.8) is 0 Å². The minimum atomic E-state index is -1.15. The van der Waals surface area contributed by atoms with Crippen molar-refractivity contribution >= 4 is 5.82 Å². The number of aliphatic hydroxyl groups is 3. The van der Waals surface area contributed by atoms with Crippen LogP contribution in [-0.4, -0.2) is 64.5 Å². The molecule has 4 aromatic rings. The molecule has 1 aromatic heterocycles. The van der Waals surface area contributed by atoms with E-state index in [1.54, 1.807) is 20.3 Å². The van der Waals surface area contributed by atoms with Crippen LogP contribution in [0, 0.1) is 0 Å². The molecule has 3 atom stereocenters. The number of aliphatic hydroxyl groups excluding tert-OH is 3. The number of methoxy groups -OCH3 is 2. The van der Waals surface area contributed by atoms with E-state index in [9.17, 15) is 20.1 Å². The van der Waals surface area contributed by atoms with E-state index in [-0.39, 0.29) is 5.82 Å². The number of benzene rings is 3. The highest BCUT2D eigenvalue weighted by Gasteiger charge is 2.37. The summed E-state index contributed by atoms with van der Waals surface area (Å²) in [4.78, 5) is 17.5. The van der Waals surface area contributed by atoms with Gasteiger partial charge in [-0.3, -0.25) is 4.57 Å². The van der Waals surface area contributed by atoms with Crippen LogP contribution in [-0.2, 0) is 10.3 Å². The van der Waals surface area contributed by atoms with Gasteiger partial charge in [0.1, 0.15) is 29.0 Å². The van der Waals surface area contributed by atoms with Crippen molar-refractivity contribution in [3.05, 3.63) is 118 Å². The Kier molecular flexibility index (Phi) is 9.74. The van der Waals surface area contributed by atoms with E-state index in [1.807, 2.05) is 78.9 Å². The van der Waals surface area contributed by atoms with E-state index < -0.39 is 42.9 Å². The molecular formula is C31H35N3O7. The van der Waals surface area contributed by atoms with E-state index in [4.69, 9.17) is 14.2 Å². The zero-order chi connectivity index (χ0) is 29.4. The third-order valence-corrected chi connectivity index (χ3v) is 6.91. The van der Waals surface area contributed by atoms with Gasteiger partial charge in [-0.25, -0.2) is 4.79 Å². The molecule has 0 aliphatic rings. The summed E-state index contributed by atoms with van der Waals surface area (Å²) in [5.41, 5.74) is 0.926. The molecule has 0 aliphatic carbocycles. The van der Waals surface area contributed by atoms with Gasteiger partial charge in [-0.2, -0.15) is 4.98 Å². The van der Waals surface area contributed by atoms with E-state index in [2.05, 4.69) is 10.3 Å². The summed E-state index contributed by atoms with van der Waals surface area (Å²) in [6.45, 7) is 0.396. The summed E-state index contributed by atoms with van der Waals surface area (Å²) < 4.78 is 17.5. The van der Waals surface area contributed by atoms with E-state index in [0.717, 1.165) is 21.3 Å². The maximum atomic E-state index is 13.2. The van der Waals surface area contributed by atoms with Crippen LogP contribution in [0.4, 0.5) is 5.82 Å². The lowest BCUT2D eigenvalue weighted by atomic mass is 9.77. The smallest absolute Gasteiger partial charge is 0.351 e. The van der Waals surface area contributed by atoms with Gasteiger partial charge in [-0.15, -0.1) is 0 Å². The van der Waals surface area contributed by atoms with Crippen LogP contribution in [0.2, 0.25) is 0 Å². The fourth-order valence-corrected chi connectivity index (χ4v) is 4.69. The third-order valence-electron chi connectivity index (χ3n) is 6.91. The average Bonchev–Trinajstić information content (AvgIpc) is 3.01. The second-order valence-corrected chi connectivity index (χ2v) is 9.44. The highest BCUT2D eigenvalue weighted by atomic mass is 16.5. The maximum absolute atomic E-state index is 13.2. The second kappa shape index (κ2) is 13.4. The molecule has 10 nitrogen and oxygen atoms in total. The lowest BCUT2D eigenvalue weighted by molar-refractivity contribution is -0.134. The van der Waals surface area contributed by atoms with Crippen molar-refractivity contribution in [1.29, 1.82) is 0 Å². The summed E-state index contributed by atoms with van der Waals surface area (Å²) in [5, 5.41) is 32.8. The molecule has 4 N–H and O–H groups in total. The number of hydrogen-bond donors (Lipinski definition) is 4. The number of ether oxygens (including phenoxy) is 3. The zero-order valence-corrected chi connectivity index (χ0v) is 23.2. The van der Waals surface area contributed by atoms with Crippen molar-refractivity contribution in [3.8, 4) is 11.5 Å². The van der Waals surface area contributed by atoms with E-state index in [0.29, 0.717) is 11.5 Å². The van der Waals surface area contributed by atoms with Crippen molar-refractivity contribution in [2.75, 3.05) is 32.8 Å². The lowest BCUT2D eigenvalue weighted by Gasteiger charge is -2.37. The molecule has 0 unspecified atom stereocenters. The highest BCUT2D eigenvalue weighted by Crippen LogP contribution is 2.40. The molecule has 0 saturated heterocycles. The van der Waals surface area contributed by atoms with Gasteiger partial charge in [0.05, 0.1) is 33.5 Å². The number of aromatic nitrogens is 2. The Bertz CT molecular complexity index is 1390. The first-order valence-corrected chi connectivity index (χ1v) is 13.1. The van der Waals surface area contributed by atoms with Gasteiger partial charge in [0.15, 0.2) is 6.23 Å². The first kappa shape index (κ1) is 29.8. The summed E-state index contributed by atoms with van der Waals surface area (Å²) in [5.74, 6) is 1.66. The van der Waals surface area contributed by atoms with Crippen molar-refractivity contribution in [1.82, 2.24) is 9.55 Å². The van der Waals surface area contributed by atoms with Crippen LogP contribution < -0.4 is 20.5 Å². The summed E-state index contributed by atoms with van der Waals surface area (Å²) in [6, 6.07) is 26.7. The van der Waals surface area contributed by atoms with Crippen molar-refractivity contribution in [2.45, 2.75) is 30.9 Å². The Balaban J connectivity index is 1.85. The predicted molar refractivity (Wildman–Crippen MR) is 154 cm³/mol. The van der Waals surface area contributed by atoms with Crippen molar-refractivity contribution < 1.29 is 29.5 Å². The number of anilines is 1. The minimum absolute atomic E-state index is 0.271. The van der Waals surface area contributed by atoms with Crippen LogP contribution >= 0.6 is 0 Å². The maximum Gasteiger partial charge on any atom is 0.351 e. The fraction of sp³-hybridized carbons (Fsp3) is 0.290. The lowest BCUT2D eigenvalue weighted by Crippen LogP contribution is -2.40. The number of rotatable bonds is 13. The quantitative estimate of drug-likeness (QED) is 0.182. The Morgan fingerprint density at radius 2 is 1.37 bits per heavy atom. The van der Waals surface area contributed by atoms with Crippen LogP contribution in [0.5, 0.6) is 11.5 Å². The van der Waals surface area contributed by atoms with Gasteiger partial charge in [0.25, 0.3) is 0 Å². The molecule has 41 heavy (non-hydrogen) atoms. The number of nitrogens with zero attached hydrogens (tertiary/aromatic N) is 2. The molecule has 0 amide bonds. The largest absolute Gasteiger partial charge is 0.497 e. The van der Waals surface area contributed by atoms with Gasteiger partial charge < -0.3 is 34.8 Å². The first-order chi connectivity index (χ1) is 19.9. The number of nitrogens with one attached hydrogen (secondary N) is 1. The van der Waals surface area contributed by atoms with E-state index >= 15 is 0 Å². The molecule has 216 valence electrons. The topological polar surface area (TPSA) is 135 Å².